The van der Waals surface area contributed by atoms with E-state index in [2.05, 4.69) is 25.6 Å². The Bertz CT molecular complexity index is 1390. The Labute approximate surface area is 195 Å². The Balaban J connectivity index is 1.52. The number of carbonyl (C=O) groups excluding carboxylic acids is 1. The molecular formula is C22H17F3N6O4. The number of alkyl halides is 3. The van der Waals surface area contributed by atoms with E-state index in [1.165, 1.54) is 22.8 Å². The van der Waals surface area contributed by atoms with Crippen LogP contribution in [0, 0.1) is 0 Å². The van der Waals surface area contributed by atoms with Crippen molar-refractivity contribution in [1.82, 2.24) is 24.8 Å². The smallest absolute Gasteiger partial charge is 0.491 e. The lowest BCUT2D eigenvalue weighted by Crippen LogP contribution is -2.53. The quantitative estimate of drug-likeness (QED) is 0.425. The number of carbonyl (C=O) groups is 1. The van der Waals surface area contributed by atoms with Gasteiger partial charge < -0.3 is 19.5 Å². The molecule has 0 saturated heterocycles. The highest BCUT2D eigenvalue weighted by Crippen LogP contribution is 2.35. The molecule has 1 aromatic carbocycles. The van der Waals surface area contributed by atoms with E-state index in [1.807, 2.05) is 12.1 Å². The number of rotatable bonds is 5. The third-order valence-electron chi connectivity index (χ3n) is 5.24. The van der Waals surface area contributed by atoms with Crippen LogP contribution in [0.25, 0.3) is 16.9 Å². The average Bonchev–Trinajstić information content (AvgIpc) is 3.25. The van der Waals surface area contributed by atoms with Gasteiger partial charge in [0.25, 0.3) is 5.79 Å². The van der Waals surface area contributed by atoms with Crippen LogP contribution in [0.5, 0.6) is 11.5 Å². The highest BCUT2D eigenvalue weighted by Gasteiger charge is 2.50. The lowest BCUT2D eigenvalue weighted by atomic mass is 10.1. The molecule has 13 heteroatoms. The molecule has 35 heavy (non-hydrogen) atoms. The molecule has 0 spiro atoms. The van der Waals surface area contributed by atoms with Gasteiger partial charge in [-0.25, -0.2) is 9.78 Å². The van der Waals surface area contributed by atoms with Gasteiger partial charge in [-0.15, -0.1) is 10.2 Å². The van der Waals surface area contributed by atoms with Crippen LogP contribution >= 0.6 is 0 Å². The van der Waals surface area contributed by atoms with Crippen LogP contribution < -0.4 is 14.8 Å². The van der Waals surface area contributed by atoms with Crippen LogP contribution in [0.3, 0.4) is 0 Å². The van der Waals surface area contributed by atoms with Crippen LogP contribution in [0.4, 0.5) is 19.0 Å². The molecule has 0 amide bonds. The third kappa shape index (κ3) is 4.39. The minimum Gasteiger partial charge on any atom is -0.497 e. The Hall–Kier alpha value is -4.42. The summed E-state index contributed by atoms with van der Waals surface area (Å²) in [6.07, 6.45) is -4.12. The molecule has 0 fully saturated rings. The molecule has 0 saturated carbocycles. The topological polar surface area (TPSA) is 113 Å². The summed E-state index contributed by atoms with van der Waals surface area (Å²) >= 11 is 0. The summed E-state index contributed by atoms with van der Waals surface area (Å²) in [7, 11) is 1.56. The molecule has 4 aromatic rings. The van der Waals surface area contributed by atoms with Gasteiger partial charge in [-0.2, -0.15) is 22.8 Å². The summed E-state index contributed by atoms with van der Waals surface area (Å²) in [6.45, 7) is -0.314. The van der Waals surface area contributed by atoms with Gasteiger partial charge in [-0.05, 0) is 48.5 Å². The number of methoxy groups -OCH3 is 1. The number of nitrogens with zero attached hydrogens (tertiary/aromatic N) is 5. The maximum Gasteiger partial charge on any atom is 0.491 e. The lowest BCUT2D eigenvalue weighted by Gasteiger charge is -2.37. The molecule has 0 aliphatic carbocycles. The Kier molecular flexibility index (Phi) is 5.38. The number of benzene rings is 1. The summed E-state index contributed by atoms with van der Waals surface area (Å²) in [5.41, 5.74) is 1.67. The highest BCUT2D eigenvalue weighted by molar-refractivity contribution is 5.76. The Morgan fingerprint density at radius 2 is 1.97 bits per heavy atom. The molecule has 10 nitrogen and oxygen atoms in total. The number of esters is 1. The monoisotopic (exact) mass is 486 g/mol. The van der Waals surface area contributed by atoms with Gasteiger partial charge in [0.2, 0.25) is 0 Å². The first-order chi connectivity index (χ1) is 16.8. The first kappa shape index (κ1) is 22.4. The molecule has 0 radical (unpaired) electrons. The molecule has 1 unspecified atom stereocenters. The standard InChI is InChI=1S/C22H17F3N6O4/c1-33-14-6-4-13(5-7-14)15-8-9-17-28-29-18(31(17)30-15)11-21(35-20(32)22(23,24)25)12-27-19-16(34-21)3-2-10-26-19/h2-10H,11-12H2,1H3,(H,26,27). The fourth-order valence-corrected chi connectivity index (χ4v) is 3.58. The van der Waals surface area contributed by atoms with Crippen molar-refractivity contribution in [2.75, 3.05) is 19.0 Å². The van der Waals surface area contributed by atoms with Gasteiger partial charge >= 0.3 is 12.1 Å². The first-order valence-electron chi connectivity index (χ1n) is 10.3. The second kappa shape index (κ2) is 8.42. The molecule has 0 bridgehead atoms. The van der Waals surface area contributed by atoms with Crippen molar-refractivity contribution in [3.63, 3.8) is 0 Å². The summed E-state index contributed by atoms with van der Waals surface area (Å²) < 4.78 is 56.4. The molecule has 4 heterocycles. The van der Waals surface area contributed by atoms with E-state index >= 15 is 0 Å². The molecule has 1 N–H and O–H groups in total. The van der Waals surface area contributed by atoms with Crippen molar-refractivity contribution in [3.05, 3.63) is 60.6 Å². The summed E-state index contributed by atoms with van der Waals surface area (Å²) in [4.78, 5) is 15.9. The van der Waals surface area contributed by atoms with E-state index in [9.17, 15) is 18.0 Å². The van der Waals surface area contributed by atoms with Crippen molar-refractivity contribution in [1.29, 1.82) is 0 Å². The normalized spacial score (nSPS) is 17.3. The van der Waals surface area contributed by atoms with E-state index in [4.69, 9.17) is 14.2 Å². The maximum atomic E-state index is 13.1. The van der Waals surface area contributed by atoms with Crippen molar-refractivity contribution in [2.24, 2.45) is 0 Å². The van der Waals surface area contributed by atoms with Crippen LogP contribution in [0.2, 0.25) is 0 Å². The molecular weight excluding hydrogens is 469 g/mol. The Morgan fingerprint density at radius 3 is 2.71 bits per heavy atom. The second-order valence-electron chi connectivity index (χ2n) is 7.61. The third-order valence-corrected chi connectivity index (χ3v) is 5.24. The van der Waals surface area contributed by atoms with Crippen LogP contribution in [-0.2, 0) is 16.0 Å². The predicted molar refractivity (Wildman–Crippen MR) is 115 cm³/mol. The summed E-state index contributed by atoms with van der Waals surface area (Å²) in [6, 6.07) is 13.6. The predicted octanol–water partition coefficient (Wildman–Crippen LogP) is 3.04. The minimum atomic E-state index is -5.22. The second-order valence-corrected chi connectivity index (χ2v) is 7.61. The number of hydrogen-bond acceptors (Lipinski definition) is 9. The number of nitrogens with one attached hydrogen (secondary N) is 1. The zero-order valence-corrected chi connectivity index (χ0v) is 18.1. The van der Waals surface area contributed by atoms with Gasteiger partial charge in [0.1, 0.15) is 5.75 Å². The largest absolute Gasteiger partial charge is 0.497 e. The fraction of sp³-hybridized carbons (Fsp3) is 0.227. The van der Waals surface area contributed by atoms with Gasteiger partial charge in [-0.1, -0.05) is 0 Å². The summed E-state index contributed by atoms with van der Waals surface area (Å²) in [5, 5.41) is 15.5. The van der Waals surface area contributed by atoms with Gasteiger partial charge in [0.15, 0.2) is 23.0 Å². The number of pyridine rings is 1. The first-order valence-corrected chi connectivity index (χ1v) is 10.3. The van der Waals surface area contributed by atoms with E-state index in [0.29, 0.717) is 22.9 Å². The number of fused-ring (bicyclic) bond motifs is 2. The molecule has 1 atom stereocenters. The number of hydrogen-bond donors (Lipinski definition) is 1. The lowest BCUT2D eigenvalue weighted by molar-refractivity contribution is -0.238. The highest BCUT2D eigenvalue weighted by atomic mass is 19.4. The van der Waals surface area contributed by atoms with E-state index in [1.54, 1.807) is 31.4 Å². The molecule has 5 rings (SSSR count). The van der Waals surface area contributed by atoms with Gasteiger partial charge in [0, 0.05) is 11.8 Å². The van der Waals surface area contributed by atoms with E-state index < -0.39 is 17.9 Å². The van der Waals surface area contributed by atoms with Crippen molar-refractivity contribution >= 4 is 17.4 Å². The molecule has 3 aromatic heterocycles. The van der Waals surface area contributed by atoms with Crippen molar-refractivity contribution in [3.8, 4) is 22.8 Å². The van der Waals surface area contributed by atoms with Gasteiger partial charge in [-0.3, -0.25) is 0 Å². The maximum absolute atomic E-state index is 13.1. The van der Waals surface area contributed by atoms with Crippen molar-refractivity contribution in [2.45, 2.75) is 18.4 Å². The molecule has 1 aliphatic rings. The minimum absolute atomic E-state index is 0.120. The zero-order valence-electron chi connectivity index (χ0n) is 18.1. The number of aromatic nitrogens is 5. The number of anilines is 1. The summed E-state index contributed by atoms with van der Waals surface area (Å²) in [5.74, 6) is -3.26. The SMILES string of the molecule is COc1ccc(-c2ccc3nnc(CC4(OC(=O)C(F)(F)F)CNc5ncccc5O4)n3n2)cc1. The number of ether oxygens (including phenoxy) is 3. The van der Waals surface area contributed by atoms with Crippen LogP contribution in [-0.4, -0.2) is 56.4 Å². The molecule has 180 valence electrons. The fourth-order valence-electron chi connectivity index (χ4n) is 3.58. The van der Waals surface area contributed by atoms with Crippen LogP contribution in [0.1, 0.15) is 5.82 Å². The van der Waals surface area contributed by atoms with E-state index in [0.717, 1.165) is 5.56 Å². The number of halogens is 3. The van der Waals surface area contributed by atoms with Gasteiger partial charge in [0.05, 0.1) is 25.8 Å². The zero-order chi connectivity index (χ0) is 24.6. The van der Waals surface area contributed by atoms with Crippen LogP contribution in [0.15, 0.2) is 54.7 Å². The Morgan fingerprint density at radius 1 is 1.17 bits per heavy atom. The van der Waals surface area contributed by atoms with Crippen molar-refractivity contribution < 1.29 is 32.2 Å². The molecule has 1 aliphatic heterocycles. The van der Waals surface area contributed by atoms with E-state index in [-0.39, 0.29) is 24.5 Å². The average molecular weight is 486 g/mol.